The average Bonchev–Trinajstić information content (AvgIpc) is 3.64. The number of nitrogens with zero attached hydrogens (tertiary/aromatic N) is 3. The predicted octanol–water partition coefficient (Wildman–Crippen LogP) is 4.32. The highest BCUT2D eigenvalue weighted by molar-refractivity contribution is 5.99. The minimum absolute atomic E-state index is 0.0124. The number of nitrogens with one attached hydrogen (secondary N) is 2. The molecule has 2 N–H and O–H groups in total. The number of ketones is 1. The Kier molecular flexibility index (Phi) is 12.0. The summed E-state index contributed by atoms with van der Waals surface area (Å²) in [5.74, 6) is -0.158. The Labute approximate surface area is 252 Å². The summed E-state index contributed by atoms with van der Waals surface area (Å²) in [5.41, 5.74) is 0.863. The Bertz CT molecular complexity index is 1340. The second kappa shape index (κ2) is 15.6. The summed E-state index contributed by atoms with van der Waals surface area (Å²) in [7, 11) is 0. The molecule has 1 aliphatic rings. The molecule has 11 heteroatoms. The van der Waals surface area contributed by atoms with Crippen molar-refractivity contribution in [1.82, 2.24) is 25.7 Å². The van der Waals surface area contributed by atoms with E-state index in [1.54, 1.807) is 13.8 Å². The van der Waals surface area contributed by atoms with Crippen LogP contribution in [0.1, 0.15) is 75.2 Å². The number of rotatable bonds is 11. The van der Waals surface area contributed by atoms with E-state index in [1.807, 2.05) is 79.4 Å². The number of carbonyl (C=O) groups is 4. The Morgan fingerprint density at radius 3 is 2.23 bits per heavy atom. The van der Waals surface area contributed by atoms with E-state index in [2.05, 4.69) is 27.8 Å². The van der Waals surface area contributed by atoms with Gasteiger partial charge in [0.2, 0.25) is 24.0 Å². The van der Waals surface area contributed by atoms with Crippen LogP contribution in [-0.2, 0) is 27.4 Å². The van der Waals surface area contributed by atoms with Gasteiger partial charge < -0.3 is 24.7 Å². The number of Topliss-reactive ketones (excluding diaryl/α,β-unsaturated/α-hetero) is 1. The van der Waals surface area contributed by atoms with E-state index in [-0.39, 0.29) is 30.4 Å². The van der Waals surface area contributed by atoms with E-state index in [0.717, 1.165) is 30.5 Å². The third-order valence-corrected chi connectivity index (χ3v) is 7.10. The maximum Gasteiger partial charge on any atom is 0.408 e. The number of alkyl carbamates (subject to hydrolysis) is 1. The van der Waals surface area contributed by atoms with Crippen LogP contribution in [-0.4, -0.2) is 63.5 Å². The molecule has 1 aliphatic heterocycles. The molecule has 0 aliphatic carbocycles. The second-order valence-electron chi connectivity index (χ2n) is 11.3. The average molecular weight is 592 g/mol. The van der Waals surface area contributed by atoms with Gasteiger partial charge in [-0.2, -0.15) is 0 Å². The predicted molar refractivity (Wildman–Crippen MR) is 160 cm³/mol. The summed E-state index contributed by atoms with van der Waals surface area (Å²) in [6.45, 7) is 10.0. The number of likely N-dealkylation sites (tertiary alicyclic amines) is 1. The highest BCUT2D eigenvalue weighted by Gasteiger charge is 2.34. The van der Waals surface area contributed by atoms with E-state index < -0.39 is 23.5 Å². The van der Waals surface area contributed by atoms with Crippen molar-refractivity contribution < 1.29 is 28.3 Å². The molecule has 43 heavy (non-hydrogen) atoms. The number of carbonyl (C=O) groups excluding carboxylic acids is 4. The number of benzene rings is 2. The maximum absolute atomic E-state index is 12.7. The zero-order valence-corrected chi connectivity index (χ0v) is 25.4. The van der Waals surface area contributed by atoms with E-state index in [4.69, 9.17) is 9.15 Å². The SMILES string of the molecule is CC(C)(NC=O)C(=O)c1nnc(Cc2ccccc2)o1.CC(C)C(NC(=O)OCc1ccccc1)C(=O)N1CCC[C@H]1C. The third-order valence-electron chi connectivity index (χ3n) is 7.10. The van der Waals surface area contributed by atoms with E-state index in [9.17, 15) is 19.2 Å². The summed E-state index contributed by atoms with van der Waals surface area (Å²) in [5, 5.41) is 12.7. The lowest BCUT2D eigenvalue weighted by molar-refractivity contribution is -0.135. The van der Waals surface area contributed by atoms with Crippen molar-refractivity contribution >= 4 is 24.2 Å². The Hall–Kier alpha value is -4.54. The lowest BCUT2D eigenvalue weighted by atomic mass is 10.00. The van der Waals surface area contributed by atoms with Crippen molar-refractivity contribution in [2.75, 3.05) is 6.54 Å². The molecule has 2 heterocycles. The number of ether oxygens (including phenoxy) is 1. The quantitative estimate of drug-likeness (QED) is 0.248. The largest absolute Gasteiger partial charge is 0.445 e. The van der Waals surface area contributed by atoms with Gasteiger partial charge in [-0.1, -0.05) is 74.5 Å². The minimum Gasteiger partial charge on any atom is -0.445 e. The molecule has 4 rings (SSSR count). The number of hydrogen-bond donors (Lipinski definition) is 2. The molecule has 1 fully saturated rings. The smallest absolute Gasteiger partial charge is 0.408 e. The van der Waals surface area contributed by atoms with Gasteiger partial charge in [0.15, 0.2) is 0 Å². The lowest BCUT2D eigenvalue weighted by Crippen LogP contribution is -2.52. The first kappa shape index (κ1) is 33.0. The van der Waals surface area contributed by atoms with Crippen LogP contribution in [0.15, 0.2) is 65.1 Å². The van der Waals surface area contributed by atoms with Crippen molar-refractivity contribution in [3.63, 3.8) is 0 Å². The third kappa shape index (κ3) is 9.76. The van der Waals surface area contributed by atoms with Crippen LogP contribution in [0.3, 0.4) is 0 Å². The molecule has 0 bridgehead atoms. The first-order valence-electron chi connectivity index (χ1n) is 14.4. The van der Waals surface area contributed by atoms with Crippen molar-refractivity contribution in [2.45, 2.75) is 78.1 Å². The molecule has 230 valence electrons. The van der Waals surface area contributed by atoms with Crippen molar-refractivity contribution in [3.8, 4) is 0 Å². The van der Waals surface area contributed by atoms with Gasteiger partial charge >= 0.3 is 6.09 Å². The fourth-order valence-electron chi connectivity index (χ4n) is 4.51. The molecule has 3 amide bonds. The summed E-state index contributed by atoms with van der Waals surface area (Å²) in [4.78, 5) is 49.1. The van der Waals surface area contributed by atoms with Crippen molar-refractivity contribution in [1.29, 1.82) is 0 Å². The van der Waals surface area contributed by atoms with Crippen molar-refractivity contribution in [2.24, 2.45) is 5.92 Å². The van der Waals surface area contributed by atoms with Crippen LogP contribution in [0.2, 0.25) is 0 Å². The first-order valence-corrected chi connectivity index (χ1v) is 14.4. The van der Waals surface area contributed by atoms with Gasteiger partial charge in [-0.3, -0.25) is 14.4 Å². The molecule has 2 aromatic carbocycles. The van der Waals surface area contributed by atoms with Gasteiger partial charge in [0, 0.05) is 12.6 Å². The van der Waals surface area contributed by atoms with Crippen LogP contribution < -0.4 is 10.6 Å². The fourth-order valence-corrected chi connectivity index (χ4v) is 4.51. The van der Waals surface area contributed by atoms with Gasteiger partial charge in [-0.15, -0.1) is 10.2 Å². The minimum atomic E-state index is -1.07. The van der Waals surface area contributed by atoms with Crippen LogP contribution >= 0.6 is 0 Å². The zero-order valence-electron chi connectivity index (χ0n) is 25.4. The molecule has 1 saturated heterocycles. The topological polar surface area (TPSA) is 144 Å². The number of aromatic nitrogens is 2. The molecule has 0 spiro atoms. The Balaban J connectivity index is 0.000000238. The first-order chi connectivity index (χ1) is 20.5. The maximum atomic E-state index is 12.7. The van der Waals surface area contributed by atoms with Gasteiger partial charge in [-0.05, 0) is 50.7 Å². The van der Waals surface area contributed by atoms with E-state index in [0.29, 0.717) is 18.7 Å². The second-order valence-corrected chi connectivity index (χ2v) is 11.3. The van der Waals surface area contributed by atoms with Crippen LogP contribution in [0, 0.1) is 5.92 Å². The monoisotopic (exact) mass is 591 g/mol. The Morgan fingerprint density at radius 2 is 1.67 bits per heavy atom. The molecule has 1 unspecified atom stereocenters. The van der Waals surface area contributed by atoms with Crippen LogP contribution in [0.4, 0.5) is 4.79 Å². The normalized spacial score (nSPS) is 15.2. The molecule has 3 aromatic rings. The van der Waals surface area contributed by atoms with Crippen molar-refractivity contribution in [3.05, 3.63) is 83.6 Å². The zero-order chi connectivity index (χ0) is 31.4. The summed E-state index contributed by atoms with van der Waals surface area (Å²) in [6, 6.07) is 18.8. The van der Waals surface area contributed by atoms with Crippen LogP contribution in [0.25, 0.3) is 0 Å². The molecule has 2 atom stereocenters. The molecule has 1 aromatic heterocycles. The van der Waals surface area contributed by atoms with Crippen LogP contribution in [0.5, 0.6) is 0 Å². The summed E-state index contributed by atoms with van der Waals surface area (Å²) in [6.07, 6.45) is 2.43. The van der Waals surface area contributed by atoms with E-state index >= 15 is 0 Å². The molecular formula is C32H41N5O6. The summed E-state index contributed by atoms with van der Waals surface area (Å²) < 4.78 is 10.6. The molecule has 0 saturated carbocycles. The van der Waals surface area contributed by atoms with Gasteiger partial charge in [0.05, 0.1) is 6.42 Å². The van der Waals surface area contributed by atoms with Gasteiger partial charge in [0.1, 0.15) is 18.2 Å². The highest BCUT2D eigenvalue weighted by atomic mass is 16.5. The molecule has 0 radical (unpaired) electrons. The lowest BCUT2D eigenvalue weighted by Gasteiger charge is -2.29. The molecular weight excluding hydrogens is 550 g/mol. The summed E-state index contributed by atoms with van der Waals surface area (Å²) >= 11 is 0. The highest BCUT2D eigenvalue weighted by Crippen LogP contribution is 2.19. The molecule has 11 nitrogen and oxygen atoms in total. The van der Waals surface area contributed by atoms with Gasteiger partial charge in [-0.25, -0.2) is 4.79 Å². The van der Waals surface area contributed by atoms with Gasteiger partial charge in [0.25, 0.3) is 5.89 Å². The standard InChI is InChI=1S/C18H26N2O3.C14H15N3O3/c1-13(2)16(17(21)20-11-7-8-14(20)3)19-18(22)23-12-15-9-5-4-6-10-15;1-14(2,15-9-18)12(19)13-17-16-11(20-13)8-10-6-4-3-5-7-10/h4-6,9-10,13-14,16H,7-8,11-12H2,1-3H3,(H,19,22);3-7,9H,8H2,1-2H3,(H,15,18)/t14-,16?;/m1./s1. The fraction of sp³-hybridized carbons (Fsp3) is 0.438. The number of hydrogen-bond acceptors (Lipinski definition) is 8. The van der Waals surface area contributed by atoms with E-state index in [1.165, 1.54) is 0 Å². The Morgan fingerprint density at radius 1 is 1.05 bits per heavy atom. The number of amides is 3.